The van der Waals surface area contributed by atoms with Crippen LogP contribution in [-0.2, 0) is 4.79 Å². The number of pyridine rings is 1. The highest BCUT2D eigenvalue weighted by Crippen LogP contribution is 2.20. The van der Waals surface area contributed by atoms with Gasteiger partial charge in [0.15, 0.2) is 0 Å². The van der Waals surface area contributed by atoms with Crippen molar-refractivity contribution in [3.8, 4) is 0 Å². The van der Waals surface area contributed by atoms with Crippen molar-refractivity contribution in [1.29, 1.82) is 0 Å². The molecule has 1 amide bonds. The summed E-state index contributed by atoms with van der Waals surface area (Å²) in [6.45, 7) is 3.56. The zero-order valence-electron chi connectivity index (χ0n) is 11.1. The van der Waals surface area contributed by atoms with E-state index >= 15 is 0 Å². The molecule has 0 saturated heterocycles. The Kier molecular flexibility index (Phi) is 4.13. The number of nitrogens with zero attached hydrogens (tertiary/aromatic N) is 1. The van der Waals surface area contributed by atoms with Gasteiger partial charge in [0.25, 0.3) is 0 Å². The van der Waals surface area contributed by atoms with Gasteiger partial charge in [0.2, 0.25) is 5.91 Å². The van der Waals surface area contributed by atoms with Gasteiger partial charge in [0.05, 0.1) is 6.04 Å². The normalized spacial score (nSPS) is 11.7. The average Bonchev–Trinajstić information content (AvgIpc) is 2.39. The van der Waals surface area contributed by atoms with Crippen molar-refractivity contribution in [3.05, 3.63) is 54.2 Å². The number of aromatic nitrogens is 1. The van der Waals surface area contributed by atoms with Gasteiger partial charge in [-0.1, -0.05) is 18.2 Å². The Bertz CT molecular complexity index is 554. The predicted octanol–water partition coefficient (Wildman–Crippen LogP) is 3.21. The van der Waals surface area contributed by atoms with Crippen LogP contribution in [0.25, 0.3) is 0 Å². The van der Waals surface area contributed by atoms with Crippen LogP contribution < -0.4 is 10.6 Å². The van der Waals surface area contributed by atoms with Gasteiger partial charge in [-0.15, -0.1) is 0 Å². The highest BCUT2D eigenvalue weighted by Gasteiger charge is 2.06. The Hall–Kier alpha value is -2.36. The fourth-order valence-corrected chi connectivity index (χ4v) is 1.84. The summed E-state index contributed by atoms with van der Waals surface area (Å²) < 4.78 is 0. The van der Waals surface area contributed by atoms with Gasteiger partial charge in [0, 0.05) is 18.8 Å². The number of hydrogen-bond acceptors (Lipinski definition) is 3. The third-order valence-corrected chi connectivity index (χ3v) is 2.74. The number of carbonyl (C=O) groups excluding carboxylic acids is 1. The van der Waals surface area contributed by atoms with Crippen molar-refractivity contribution < 1.29 is 4.79 Å². The average molecular weight is 255 g/mol. The zero-order chi connectivity index (χ0) is 13.7. The quantitative estimate of drug-likeness (QED) is 0.882. The van der Waals surface area contributed by atoms with Gasteiger partial charge in [-0.3, -0.25) is 4.79 Å². The first-order chi connectivity index (χ1) is 9.15. The van der Waals surface area contributed by atoms with Crippen LogP contribution in [-0.4, -0.2) is 10.9 Å². The summed E-state index contributed by atoms with van der Waals surface area (Å²) in [4.78, 5) is 15.3. The molecular weight excluding hydrogens is 238 g/mol. The molecule has 0 aliphatic carbocycles. The van der Waals surface area contributed by atoms with E-state index in [1.165, 1.54) is 6.92 Å². The minimum Gasteiger partial charge on any atom is -0.364 e. The van der Waals surface area contributed by atoms with Crippen LogP contribution in [0.3, 0.4) is 0 Å². The highest BCUT2D eigenvalue weighted by molar-refractivity contribution is 5.88. The molecular formula is C15H17N3O. The number of rotatable bonds is 4. The molecule has 19 heavy (non-hydrogen) atoms. The minimum absolute atomic E-state index is 0.0671. The van der Waals surface area contributed by atoms with Crippen LogP contribution in [0.5, 0.6) is 0 Å². The van der Waals surface area contributed by atoms with E-state index in [1.54, 1.807) is 6.20 Å². The van der Waals surface area contributed by atoms with Crippen molar-refractivity contribution in [2.75, 3.05) is 10.6 Å². The topological polar surface area (TPSA) is 54.0 Å². The van der Waals surface area contributed by atoms with E-state index in [0.717, 1.165) is 17.1 Å². The SMILES string of the molecule is CC(=O)Nc1cccc(C(C)Nc2ccccn2)c1. The Morgan fingerprint density at radius 2 is 2.05 bits per heavy atom. The Morgan fingerprint density at radius 1 is 1.21 bits per heavy atom. The van der Waals surface area contributed by atoms with Crippen molar-refractivity contribution in [2.24, 2.45) is 0 Å². The molecule has 1 aromatic heterocycles. The van der Waals surface area contributed by atoms with Gasteiger partial charge in [-0.2, -0.15) is 0 Å². The molecule has 1 heterocycles. The van der Waals surface area contributed by atoms with Crippen LogP contribution in [0.15, 0.2) is 48.7 Å². The molecule has 4 heteroatoms. The van der Waals surface area contributed by atoms with Crippen molar-refractivity contribution >= 4 is 17.4 Å². The maximum Gasteiger partial charge on any atom is 0.221 e. The highest BCUT2D eigenvalue weighted by atomic mass is 16.1. The molecule has 98 valence electrons. The summed E-state index contributed by atoms with van der Waals surface area (Å²) in [7, 11) is 0. The maximum absolute atomic E-state index is 11.0. The van der Waals surface area contributed by atoms with Crippen LogP contribution in [0.4, 0.5) is 11.5 Å². The molecule has 0 fully saturated rings. The summed E-state index contributed by atoms with van der Waals surface area (Å²) in [5, 5.41) is 6.10. The Labute approximate surface area is 112 Å². The number of nitrogens with one attached hydrogen (secondary N) is 2. The first kappa shape index (κ1) is 13.1. The maximum atomic E-state index is 11.0. The molecule has 2 aromatic rings. The molecule has 0 saturated carbocycles. The lowest BCUT2D eigenvalue weighted by Gasteiger charge is -2.15. The number of amides is 1. The monoisotopic (exact) mass is 255 g/mol. The molecule has 0 aliphatic heterocycles. The van der Waals surface area contributed by atoms with Crippen LogP contribution in [0.1, 0.15) is 25.5 Å². The summed E-state index contributed by atoms with van der Waals surface area (Å²) in [6.07, 6.45) is 1.75. The van der Waals surface area contributed by atoms with Crippen LogP contribution in [0.2, 0.25) is 0 Å². The largest absolute Gasteiger partial charge is 0.364 e. The number of hydrogen-bond donors (Lipinski definition) is 2. The van der Waals surface area contributed by atoms with Gasteiger partial charge >= 0.3 is 0 Å². The first-order valence-corrected chi connectivity index (χ1v) is 6.20. The number of benzene rings is 1. The van der Waals surface area contributed by atoms with E-state index in [-0.39, 0.29) is 11.9 Å². The second-order valence-electron chi connectivity index (χ2n) is 4.39. The van der Waals surface area contributed by atoms with E-state index < -0.39 is 0 Å². The van der Waals surface area contributed by atoms with Gasteiger partial charge in [-0.05, 0) is 36.8 Å². The van der Waals surface area contributed by atoms with Gasteiger partial charge in [0.1, 0.15) is 5.82 Å². The molecule has 2 N–H and O–H groups in total. The fraction of sp³-hybridized carbons (Fsp3) is 0.200. The first-order valence-electron chi connectivity index (χ1n) is 6.20. The van der Waals surface area contributed by atoms with Gasteiger partial charge < -0.3 is 10.6 Å². The molecule has 1 aromatic carbocycles. The number of carbonyl (C=O) groups is 1. The number of anilines is 2. The van der Waals surface area contributed by atoms with E-state index in [0.29, 0.717) is 0 Å². The summed E-state index contributed by atoms with van der Waals surface area (Å²) in [6, 6.07) is 13.6. The molecule has 1 unspecified atom stereocenters. The van der Waals surface area contributed by atoms with Crippen molar-refractivity contribution in [2.45, 2.75) is 19.9 Å². The third-order valence-electron chi connectivity index (χ3n) is 2.74. The lowest BCUT2D eigenvalue weighted by atomic mass is 10.1. The third kappa shape index (κ3) is 3.81. The van der Waals surface area contributed by atoms with E-state index in [1.807, 2.05) is 42.5 Å². The van der Waals surface area contributed by atoms with Crippen LogP contribution in [0, 0.1) is 0 Å². The molecule has 0 aliphatic rings. The minimum atomic E-state index is -0.0671. The molecule has 2 rings (SSSR count). The summed E-state index contributed by atoms with van der Waals surface area (Å²) in [5.74, 6) is 0.766. The molecule has 0 radical (unpaired) electrons. The zero-order valence-corrected chi connectivity index (χ0v) is 11.1. The fourth-order valence-electron chi connectivity index (χ4n) is 1.84. The predicted molar refractivity (Wildman–Crippen MR) is 77.0 cm³/mol. The second-order valence-corrected chi connectivity index (χ2v) is 4.39. The van der Waals surface area contributed by atoms with Crippen molar-refractivity contribution in [3.63, 3.8) is 0 Å². The van der Waals surface area contributed by atoms with Crippen molar-refractivity contribution in [1.82, 2.24) is 4.98 Å². The standard InChI is InChI=1S/C15H17N3O/c1-11(17-15-8-3-4-9-16-15)13-6-5-7-14(10-13)18-12(2)19/h3-11H,1-2H3,(H,16,17)(H,18,19). The Balaban J connectivity index is 2.10. The summed E-state index contributed by atoms with van der Waals surface area (Å²) in [5.41, 5.74) is 1.90. The van der Waals surface area contributed by atoms with Crippen LogP contribution >= 0.6 is 0 Å². The summed E-state index contributed by atoms with van der Waals surface area (Å²) >= 11 is 0. The lowest BCUT2D eigenvalue weighted by Crippen LogP contribution is -2.09. The van der Waals surface area contributed by atoms with E-state index in [2.05, 4.69) is 22.5 Å². The van der Waals surface area contributed by atoms with E-state index in [4.69, 9.17) is 0 Å². The Morgan fingerprint density at radius 3 is 2.74 bits per heavy atom. The molecule has 0 spiro atoms. The van der Waals surface area contributed by atoms with Gasteiger partial charge in [-0.25, -0.2) is 4.98 Å². The second kappa shape index (κ2) is 6.00. The van der Waals surface area contributed by atoms with E-state index in [9.17, 15) is 4.79 Å². The molecule has 0 bridgehead atoms. The smallest absolute Gasteiger partial charge is 0.221 e. The lowest BCUT2D eigenvalue weighted by molar-refractivity contribution is -0.114. The molecule has 1 atom stereocenters. The molecule has 4 nitrogen and oxygen atoms in total.